The van der Waals surface area contributed by atoms with Crippen LogP contribution in [0.3, 0.4) is 0 Å². The van der Waals surface area contributed by atoms with Crippen molar-refractivity contribution in [1.82, 2.24) is 15.5 Å². The van der Waals surface area contributed by atoms with Gasteiger partial charge >= 0.3 is 11.8 Å². The fourth-order valence-corrected chi connectivity index (χ4v) is 0.925. The Morgan fingerprint density at radius 1 is 1.62 bits per heavy atom. The van der Waals surface area contributed by atoms with E-state index in [0.29, 0.717) is 6.54 Å². The zero-order valence-corrected chi connectivity index (χ0v) is 7.62. The first-order valence-corrected chi connectivity index (χ1v) is 4.39. The second-order valence-electron chi connectivity index (χ2n) is 2.71. The van der Waals surface area contributed by atoms with Gasteiger partial charge in [0.15, 0.2) is 0 Å². The van der Waals surface area contributed by atoms with Crippen molar-refractivity contribution < 1.29 is 9.21 Å². The molecule has 1 heterocycles. The fourth-order valence-electron chi connectivity index (χ4n) is 0.925. The standard InChI is InChI=1S/C8H13N3O2/c1-2-3-4-5-9-7(12)8-11-10-6-13-8/h6H,2-5H2,1H3,(H,9,12). The van der Waals surface area contributed by atoms with Gasteiger partial charge in [-0.05, 0) is 6.42 Å². The first-order valence-electron chi connectivity index (χ1n) is 4.39. The largest absolute Gasteiger partial charge is 0.420 e. The molecule has 13 heavy (non-hydrogen) atoms. The number of unbranched alkanes of at least 4 members (excludes halogenated alkanes) is 2. The summed E-state index contributed by atoms with van der Waals surface area (Å²) in [7, 11) is 0. The minimum atomic E-state index is -0.298. The summed E-state index contributed by atoms with van der Waals surface area (Å²) in [6.07, 6.45) is 4.37. The number of hydrogen-bond donors (Lipinski definition) is 1. The topological polar surface area (TPSA) is 68.0 Å². The molecule has 0 unspecified atom stereocenters. The van der Waals surface area contributed by atoms with Gasteiger partial charge in [-0.1, -0.05) is 19.8 Å². The minimum Gasteiger partial charge on any atom is -0.420 e. The monoisotopic (exact) mass is 183 g/mol. The normalized spacial score (nSPS) is 9.92. The van der Waals surface area contributed by atoms with Crippen LogP contribution in [0.5, 0.6) is 0 Å². The van der Waals surface area contributed by atoms with Gasteiger partial charge in [-0.25, -0.2) is 0 Å². The van der Waals surface area contributed by atoms with Gasteiger partial charge in [0.1, 0.15) is 0 Å². The molecular formula is C8H13N3O2. The molecule has 0 bridgehead atoms. The number of carbonyl (C=O) groups excluding carboxylic acids is 1. The molecule has 0 saturated carbocycles. The average molecular weight is 183 g/mol. The Morgan fingerprint density at radius 3 is 3.08 bits per heavy atom. The van der Waals surface area contributed by atoms with Crippen molar-refractivity contribution in [3.05, 3.63) is 12.3 Å². The SMILES string of the molecule is CCCCCNC(=O)c1nnco1. The molecule has 1 amide bonds. The average Bonchev–Trinajstić information content (AvgIpc) is 2.65. The molecule has 0 saturated heterocycles. The molecule has 5 heteroatoms. The molecule has 0 radical (unpaired) electrons. The Balaban J connectivity index is 2.19. The molecule has 1 aromatic rings. The smallest absolute Gasteiger partial charge is 0.308 e. The van der Waals surface area contributed by atoms with Crippen molar-refractivity contribution >= 4 is 5.91 Å². The van der Waals surface area contributed by atoms with E-state index in [-0.39, 0.29) is 11.8 Å². The predicted octanol–water partition coefficient (Wildman–Crippen LogP) is 0.990. The Morgan fingerprint density at radius 2 is 2.46 bits per heavy atom. The second-order valence-corrected chi connectivity index (χ2v) is 2.71. The molecule has 0 aliphatic carbocycles. The van der Waals surface area contributed by atoms with Crippen molar-refractivity contribution in [2.45, 2.75) is 26.2 Å². The molecule has 72 valence electrons. The molecule has 0 aliphatic heterocycles. The molecule has 0 spiro atoms. The number of amides is 1. The van der Waals surface area contributed by atoms with Gasteiger partial charge in [0.2, 0.25) is 6.39 Å². The van der Waals surface area contributed by atoms with E-state index in [9.17, 15) is 4.79 Å². The van der Waals surface area contributed by atoms with Crippen molar-refractivity contribution in [3.63, 3.8) is 0 Å². The van der Waals surface area contributed by atoms with Crippen LogP contribution in [0.1, 0.15) is 36.9 Å². The molecule has 0 atom stereocenters. The third-order valence-corrected chi connectivity index (χ3v) is 1.62. The molecule has 0 aliphatic rings. The third-order valence-electron chi connectivity index (χ3n) is 1.62. The molecule has 1 aromatic heterocycles. The summed E-state index contributed by atoms with van der Waals surface area (Å²) in [5.74, 6) is -0.273. The first-order chi connectivity index (χ1) is 6.34. The van der Waals surface area contributed by atoms with Crippen LogP contribution in [0.15, 0.2) is 10.8 Å². The van der Waals surface area contributed by atoms with Crippen molar-refractivity contribution in [2.75, 3.05) is 6.54 Å². The van der Waals surface area contributed by atoms with Crippen molar-refractivity contribution in [3.8, 4) is 0 Å². The van der Waals surface area contributed by atoms with Gasteiger partial charge < -0.3 is 9.73 Å². The number of nitrogens with one attached hydrogen (secondary N) is 1. The second kappa shape index (κ2) is 5.29. The van der Waals surface area contributed by atoms with Gasteiger partial charge in [-0.3, -0.25) is 4.79 Å². The summed E-state index contributed by atoms with van der Waals surface area (Å²) < 4.78 is 4.72. The summed E-state index contributed by atoms with van der Waals surface area (Å²) >= 11 is 0. The summed E-state index contributed by atoms with van der Waals surface area (Å²) in [5.41, 5.74) is 0. The zero-order chi connectivity index (χ0) is 9.52. The summed E-state index contributed by atoms with van der Waals surface area (Å²) in [6.45, 7) is 2.77. The molecule has 0 fully saturated rings. The molecular weight excluding hydrogens is 170 g/mol. The van der Waals surface area contributed by atoms with Crippen LogP contribution in [0, 0.1) is 0 Å². The maximum Gasteiger partial charge on any atom is 0.308 e. The number of rotatable bonds is 5. The highest BCUT2D eigenvalue weighted by molar-refractivity contribution is 5.89. The van der Waals surface area contributed by atoms with Crippen molar-refractivity contribution in [1.29, 1.82) is 0 Å². The highest BCUT2D eigenvalue weighted by Crippen LogP contribution is 1.94. The summed E-state index contributed by atoms with van der Waals surface area (Å²) in [4.78, 5) is 11.2. The van der Waals surface area contributed by atoms with E-state index in [4.69, 9.17) is 4.42 Å². The maximum absolute atomic E-state index is 11.2. The fraction of sp³-hybridized carbons (Fsp3) is 0.625. The Labute approximate surface area is 76.5 Å². The quantitative estimate of drug-likeness (QED) is 0.691. The van der Waals surface area contributed by atoms with E-state index in [1.165, 1.54) is 0 Å². The van der Waals surface area contributed by atoms with Crippen LogP contribution >= 0.6 is 0 Å². The van der Waals surface area contributed by atoms with E-state index < -0.39 is 0 Å². The lowest BCUT2D eigenvalue weighted by Gasteiger charge is -1.99. The number of aromatic nitrogens is 2. The summed E-state index contributed by atoms with van der Waals surface area (Å²) in [6, 6.07) is 0. The Hall–Kier alpha value is -1.39. The van der Waals surface area contributed by atoms with Crippen LogP contribution in [0.2, 0.25) is 0 Å². The van der Waals surface area contributed by atoms with Gasteiger partial charge in [0.25, 0.3) is 0 Å². The highest BCUT2D eigenvalue weighted by Gasteiger charge is 2.09. The van der Waals surface area contributed by atoms with Crippen LogP contribution in [0.4, 0.5) is 0 Å². The van der Waals surface area contributed by atoms with E-state index in [0.717, 1.165) is 25.7 Å². The Bertz CT molecular complexity index is 246. The first kappa shape index (κ1) is 9.70. The van der Waals surface area contributed by atoms with E-state index in [1.54, 1.807) is 0 Å². The lowest BCUT2D eigenvalue weighted by molar-refractivity contribution is 0.0918. The van der Waals surface area contributed by atoms with E-state index in [2.05, 4.69) is 22.4 Å². The van der Waals surface area contributed by atoms with Crippen LogP contribution in [-0.4, -0.2) is 22.6 Å². The van der Waals surface area contributed by atoms with E-state index >= 15 is 0 Å². The van der Waals surface area contributed by atoms with Crippen LogP contribution in [-0.2, 0) is 0 Å². The Kier molecular flexibility index (Phi) is 3.95. The van der Waals surface area contributed by atoms with Gasteiger partial charge in [-0.2, -0.15) is 0 Å². The van der Waals surface area contributed by atoms with Crippen LogP contribution in [0.25, 0.3) is 0 Å². The minimum absolute atomic E-state index is 0.0245. The molecule has 1 N–H and O–H groups in total. The molecule has 0 aromatic carbocycles. The van der Waals surface area contributed by atoms with Crippen molar-refractivity contribution in [2.24, 2.45) is 0 Å². The zero-order valence-electron chi connectivity index (χ0n) is 7.62. The number of nitrogens with zero attached hydrogens (tertiary/aromatic N) is 2. The number of carbonyl (C=O) groups is 1. The number of hydrogen-bond acceptors (Lipinski definition) is 4. The third kappa shape index (κ3) is 3.23. The van der Waals surface area contributed by atoms with Gasteiger partial charge in [0.05, 0.1) is 0 Å². The maximum atomic E-state index is 11.2. The predicted molar refractivity (Wildman–Crippen MR) is 46.2 cm³/mol. The lowest BCUT2D eigenvalue weighted by Crippen LogP contribution is -2.24. The molecule has 5 nitrogen and oxygen atoms in total. The van der Waals surface area contributed by atoms with Crippen LogP contribution < -0.4 is 5.32 Å². The summed E-state index contributed by atoms with van der Waals surface area (Å²) in [5, 5.41) is 9.58. The highest BCUT2D eigenvalue weighted by atomic mass is 16.4. The lowest BCUT2D eigenvalue weighted by atomic mass is 10.2. The van der Waals surface area contributed by atoms with Gasteiger partial charge in [-0.15, -0.1) is 10.2 Å². The molecule has 1 rings (SSSR count). The van der Waals surface area contributed by atoms with E-state index in [1.807, 2.05) is 0 Å². The van der Waals surface area contributed by atoms with Gasteiger partial charge in [0, 0.05) is 6.54 Å².